The maximum absolute atomic E-state index is 13.1. The summed E-state index contributed by atoms with van der Waals surface area (Å²) >= 11 is 0. The molecule has 7 heteroatoms. The van der Waals surface area contributed by atoms with Crippen LogP contribution < -0.4 is 0 Å². The highest BCUT2D eigenvalue weighted by atomic mass is 16.5. The van der Waals surface area contributed by atoms with Crippen LogP contribution in [0.1, 0.15) is 72.1 Å². The minimum atomic E-state index is 0.0108. The largest absolute Gasteiger partial charge is 0.360 e. The van der Waals surface area contributed by atoms with E-state index in [9.17, 15) is 4.79 Å². The van der Waals surface area contributed by atoms with Crippen LogP contribution >= 0.6 is 0 Å². The normalized spacial score (nSPS) is 18.4. The zero-order chi connectivity index (χ0) is 17.4. The fourth-order valence-corrected chi connectivity index (χ4v) is 3.42. The molecule has 0 radical (unpaired) electrons. The van der Waals surface area contributed by atoms with E-state index in [0.29, 0.717) is 23.6 Å². The molecule has 0 aromatic carbocycles. The average molecular weight is 331 g/mol. The third-order valence-electron chi connectivity index (χ3n) is 4.56. The van der Waals surface area contributed by atoms with Crippen LogP contribution in [-0.2, 0) is 0 Å². The van der Waals surface area contributed by atoms with Crippen molar-refractivity contribution in [3.63, 3.8) is 0 Å². The van der Waals surface area contributed by atoms with E-state index < -0.39 is 0 Å². The van der Waals surface area contributed by atoms with Crippen molar-refractivity contribution in [1.82, 2.24) is 24.8 Å². The van der Waals surface area contributed by atoms with Crippen molar-refractivity contribution in [2.75, 3.05) is 13.1 Å². The first-order valence-electron chi connectivity index (χ1n) is 8.53. The maximum Gasteiger partial charge on any atom is 0.259 e. The SMILES string of the molecule is Cc1nc(C)n(C2CCCN(C(=O)c3c(C)noc3C(C)C)C2)n1. The summed E-state index contributed by atoms with van der Waals surface area (Å²) in [5.74, 6) is 2.48. The van der Waals surface area contributed by atoms with E-state index in [1.807, 2.05) is 44.2 Å². The molecule has 7 nitrogen and oxygen atoms in total. The Kier molecular flexibility index (Phi) is 4.43. The van der Waals surface area contributed by atoms with Gasteiger partial charge in [-0.3, -0.25) is 4.79 Å². The van der Waals surface area contributed by atoms with E-state index in [-0.39, 0.29) is 17.9 Å². The van der Waals surface area contributed by atoms with Gasteiger partial charge in [0.2, 0.25) is 0 Å². The van der Waals surface area contributed by atoms with Gasteiger partial charge in [-0.1, -0.05) is 19.0 Å². The van der Waals surface area contributed by atoms with E-state index in [0.717, 1.165) is 31.0 Å². The Hall–Kier alpha value is -2.18. The molecule has 24 heavy (non-hydrogen) atoms. The van der Waals surface area contributed by atoms with Gasteiger partial charge >= 0.3 is 0 Å². The fourth-order valence-electron chi connectivity index (χ4n) is 3.42. The van der Waals surface area contributed by atoms with Gasteiger partial charge < -0.3 is 9.42 Å². The molecule has 3 heterocycles. The molecule has 0 spiro atoms. The summed E-state index contributed by atoms with van der Waals surface area (Å²) in [7, 11) is 0. The third-order valence-corrected chi connectivity index (χ3v) is 4.56. The molecule has 1 fully saturated rings. The Labute approximate surface area is 142 Å². The van der Waals surface area contributed by atoms with Crippen LogP contribution in [0.25, 0.3) is 0 Å². The Balaban J connectivity index is 1.84. The Morgan fingerprint density at radius 3 is 2.67 bits per heavy atom. The number of likely N-dealkylation sites (tertiary alicyclic amines) is 1. The van der Waals surface area contributed by atoms with Gasteiger partial charge in [0.05, 0.1) is 11.7 Å². The van der Waals surface area contributed by atoms with Crippen molar-refractivity contribution < 1.29 is 9.32 Å². The molecule has 1 saturated heterocycles. The number of aryl methyl sites for hydroxylation is 3. The number of piperidine rings is 1. The quantitative estimate of drug-likeness (QED) is 0.864. The molecule has 3 rings (SSSR count). The van der Waals surface area contributed by atoms with Crippen LogP contribution in [0.2, 0.25) is 0 Å². The molecule has 0 N–H and O–H groups in total. The second kappa shape index (κ2) is 6.37. The van der Waals surface area contributed by atoms with Crippen LogP contribution in [0, 0.1) is 20.8 Å². The van der Waals surface area contributed by atoms with Crippen molar-refractivity contribution in [1.29, 1.82) is 0 Å². The summed E-state index contributed by atoms with van der Waals surface area (Å²) in [6.07, 6.45) is 1.96. The van der Waals surface area contributed by atoms with Crippen molar-refractivity contribution in [3.8, 4) is 0 Å². The Bertz CT molecular complexity index is 746. The van der Waals surface area contributed by atoms with Gasteiger partial charge in [0, 0.05) is 19.0 Å². The third kappa shape index (κ3) is 2.95. The van der Waals surface area contributed by atoms with Crippen LogP contribution in [0.4, 0.5) is 0 Å². The monoisotopic (exact) mass is 331 g/mol. The molecule has 1 amide bonds. The molecular weight excluding hydrogens is 306 g/mol. The number of carbonyl (C=O) groups is 1. The van der Waals surface area contributed by atoms with Gasteiger partial charge in [-0.25, -0.2) is 9.67 Å². The predicted octanol–water partition coefficient (Wildman–Crippen LogP) is 2.79. The average Bonchev–Trinajstić information content (AvgIpc) is 3.09. The maximum atomic E-state index is 13.1. The smallest absolute Gasteiger partial charge is 0.259 e. The Morgan fingerprint density at radius 2 is 2.04 bits per heavy atom. The summed E-state index contributed by atoms with van der Waals surface area (Å²) in [6.45, 7) is 11.1. The molecule has 1 aliphatic rings. The van der Waals surface area contributed by atoms with E-state index in [1.54, 1.807) is 0 Å². The molecule has 1 atom stereocenters. The second-order valence-electron chi connectivity index (χ2n) is 6.86. The topological polar surface area (TPSA) is 77.0 Å². The van der Waals surface area contributed by atoms with E-state index >= 15 is 0 Å². The number of hydrogen-bond acceptors (Lipinski definition) is 5. The lowest BCUT2D eigenvalue weighted by Crippen LogP contribution is -2.41. The standard InChI is InChI=1S/C17H25N5O2/c1-10(2)16-15(11(3)20-24-16)17(23)21-8-6-7-14(9-21)22-13(5)18-12(4)19-22/h10,14H,6-9H2,1-5H3. The summed E-state index contributed by atoms with van der Waals surface area (Å²) in [5.41, 5.74) is 1.29. The number of rotatable bonds is 3. The summed E-state index contributed by atoms with van der Waals surface area (Å²) in [4.78, 5) is 19.3. The van der Waals surface area contributed by atoms with Crippen LogP contribution in [0.3, 0.4) is 0 Å². The van der Waals surface area contributed by atoms with Gasteiger partial charge in [-0.05, 0) is 33.6 Å². The van der Waals surface area contributed by atoms with Crippen molar-refractivity contribution in [3.05, 3.63) is 28.7 Å². The van der Waals surface area contributed by atoms with Crippen molar-refractivity contribution in [2.24, 2.45) is 0 Å². The molecule has 0 saturated carbocycles. The van der Waals surface area contributed by atoms with Crippen molar-refractivity contribution >= 4 is 5.91 Å². The number of hydrogen-bond donors (Lipinski definition) is 0. The minimum Gasteiger partial charge on any atom is -0.360 e. The van der Waals surface area contributed by atoms with Crippen LogP contribution in [0.15, 0.2) is 4.52 Å². The molecule has 1 unspecified atom stereocenters. The van der Waals surface area contributed by atoms with Gasteiger partial charge in [-0.15, -0.1) is 0 Å². The van der Waals surface area contributed by atoms with Crippen LogP contribution in [-0.4, -0.2) is 43.8 Å². The molecule has 1 aliphatic heterocycles. The number of amides is 1. The van der Waals surface area contributed by atoms with Crippen LogP contribution in [0.5, 0.6) is 0 Å². The van der Waals surface area contributed by atoms with Gasteiger partial charge in [0.1, 0.15) is 17.2 Å². The lowest BCUT2D eigenvalue weighted by atomic mass is 10.0. The van der Waals surface area contributed by atoms with E-state index in [4.69, 9.17) is 4.52 Å². The summed E-state index contributed by atoms with van der Waals surface area (Å²) < 4.78 is 7.33. The second-order valence-corrected chi connectivity index (χ2v) is 6.86. The number of nitrogens with zero attached hydrogens (tertiary/aromatic N) is 5. The first-order valence-corrected chi connectivity index (χ1v) is 8.53. The molecule has 0 aliphatic carbocycles. The zero-order valence-corrected chi connectivity index (χ0v) is 15.0. The lowest BCUT2D eigenvalue weighted by molar-refractivity contribution is 0.0667. The fraction of sp³-hybridized carbons (Fsp3) is 0.647. The predicted molar refractivity (Wildman–Crippen MR) is 89.0 cm³/mol. The van der Waals surface area contributed by atoms with Gasteiger partial charge in [0.25, 0.3) is 5.91 Å². The van der Waals surface area contributed by atoms with E-state index in [2.05, 4.69) is 15.2 Å². The summed E-state index contributed by atoms with van der Waals surface area (Å²) in [6, 6.07) is 0.173. The highest BCUT2D eigenvalue weighted by Gasteiger charge is 2.31. The summed E-state index contributed by atoms with van der Waals surface area (Å²) in [5, 5.41) is 8.49. The van der Waals surface area contributed by atoms with Gasteiger partial charge in [-0.2, -0.15) is 5.10 Å². The Morgan fingerprint density at radius 1 is 1.29 bits per heavy atom. The highest BCUT2D eigenvalue weighted by molar-refractivity contribution is 5.96. The number of carbonyl (C=O) groups excluding carboxylic acids is 1. The molecule has 2 aromatic rings. The molecular formula is C17H25N5O2. The highest BCUT2D eigenvalue weighted by Crippen LogP contribution is 2.27. The van der Waals surface area contributed by atoms with E-state index in [1.165, 1.54) is 0 Å². The molecule has 0 bridgehead atoms. The first-order chi connectivity index (χ1) is 11.4. The molecule has 2 aromatic heterocycles. The lowest BCUT2D eigenvalue weighted by Gasteiger charge is -2.33. The molecule has 130 valence electrons. The zero-order valence-electron chi connectivity index (χ0n) is 15.0. The van der Waals surface area contributed by atoms with Gasteiger partial charge in [0.15, 0.2) is 5.76 Å². The number of aromatic nitrogens is 4. The van der Waals surface area contributed by atoms with Crippen molar-refractivity contribution in [2.45, 2.75) is 59.4 Å². The first kappa shape index (κ1) is 16.7. The minimum absolute atomic E-state index is 0.0108.